The van der Waals surface area contributed by atoms with Gasteiger partial charge in [0.05, 0.1) is 6.04 Å². The molecule has 0 aliphatic rings. The summed E-state index contributed by atoms with van der Waals surface area (Å²) in [6.45, 7) is 4.37. The minimum absolute atomic E-state index is 0.260. The molecule has 1 N–H and O–H groups in total. The number of carbonyl (C=O) groups excluding carboxylic acids is 1. The van der Waals surface area contributed by atoms with Gasteiger partial charge in [-0.2, -0.15) is 0 Å². The van der Waals surface area contributed by atoms with Crippen LogP contribution in [0.3, 0.4) is 0 Å². The van der Waals surface area contributed by atoms with Gasteiger partial charge >= 0.3 is 6.03 Å². The summed E-state index contributed by atoms with van der Waals surface area (Å²) < 4.78 is 26.4. The monoisotopic (exact) mass is 270 g/mol. The Bertz CT molecular complexity index is 437. The van der Waals surface area contributed by atoms with Crippen molar-refractivity contribution in [3.63, 3.8) is 0 Å². The SMILES string of the molecule is CCCCN(C)C(=O)NC(C)c1ccc(F)cc1F. The lowest BCUT2D eigenvalue weighted by Gasteiger charge is -2.21. The van der Waals surface area contributed by atoms with E-state index in [1.54, 1.807) is 18.9 Å². The molecule has 1 rings (SSSR count). The van der Waals surface area contributed by atoms with Crippen molar-refractivity contribution in [2.24, 2.45) is 0 Å². The van der Waals surface area contributed by atoms with Gasteiger partial charge in [0.2, 0.25) is 0 Å². The van der Waals surface area contributed by atoms with Crippen molar-refractivity contribution >= 4 is 6.03 Å². The topological polar surface area (TPSA) is 32.3 Å². The molecule has 0 saturated heterocycles. The van der Waals surface area contributed by atoms with E-state index in [-0.39, 0.29) is 11.6 Å². The van der Waals surface area contributed by atoms with Crippen LogP contribution < -0.4 is 5.32 Å². The summed E-state index contributed by atoms with van der Waals surface area (Å²) in [5.41, 5.74) is 0.277. The van der Waals surface area contributed by atoms with E-state index in [1.165, 1.54) is 12.1 Å². The number of rotatable bonds is 5. The van der Waals surface area contributed by atoms with Gasteiger partial charge in [0, 0.05) is 25.2 Å². The van der Waals surface area contributed by atoms with Gasteiger partial charge in [-0.25, -0.2) is 13.6 Å². The van der Waals surface area contributed by atoms with E-state index in [2.05, 4.69) is 5.32 Å². The second-order valence-electron chi connectivity index (χ2n) is 4.61. The fourth-order valence-corrected chi connectivity index (χ4v) is 1.72. The van der Waals surface area contributed by atoms with Crippen molar-refractivity contribution in [1.82, 2.24) is 10.2 Å². The van der Waals surface area contributed by atoms with E-state index in [9.17, 15) is 13.6 Å². The molecule has 1 aromatic rings. The van der Waals surface area contributed by atoms with Crippen LogP contribution in [-0.2, 0) is 0 Å². The molecule has 1 aromatic carbocycles. The lowest BCUT2D eigenvalue weighted by Crippen LogP contribution is -2.39. The summed E-state index contributed by atoms with van der Waals surface area (Å²) in [7, 11) is 1.69. The first-order valence-corrected chi connectivity index (χ1v) is 6.42. The number of nitrogens with one attached hydrogen (secondary N) is 1. The first-order chi connectivity index (χ1) is 8.95. The van der Waals surface area contributed by atoms with Crippen LogP contribution in [0.15, 0.2) is 18.2 Å². The molecule has 0 fully saturated rings. The maximum atomic E-state index is 13.6. The Balaban J connectivity index is 2.63. The fraction of sp³-hybridized carbons (Fsp3) is 0.500. The van der Waals surface area contributed by atoms with Crippen LogP contribution in [0.2, 0.25) is 0 Å². The molecule has 0 saturated carbocycles. The van der Waals surface area contributed by atoms with Crippen molar-refractivity contribution in [2.45, 2.75) is 32.7 Å². The summed E-state index contributed by atoms with van der Waals surface area (Å²) in [5.74, 6) is -1.27. The summed E-state index contributed by atoms with van der Waals surface area (Å²) in [6, 6.07) is 2.59. The minimum atomic E-state index is -0.649. The maximum Gasteiger partial charge on any atom is 0.317 e. The predicted octanol–water partition coefficient (Wildman–Crippen LogP) is 3.47. The third kappa shape index (κ3) is 4.50. The summed E-state index contributed by atoms with van der Waals surface area (Å²) >= 11 is 0. The van der Waals surface area contributed by atoms with Gasteiger partial charge in [-0.05, 0) is 19.4 Å². The van der Waals surface area contributed by atoms with Crippen LogP contribution in [0, 0.1) is 11.6 Å². The number of hydrogen-bond donors (Lipinski definition) is 1. The Morgan fingerprint density at radius 2 is 2.11 bits per heavy atom. The summed E-state index contributed by atoms with van der Waals surface area (Å²) in [4.78, 5) is 13.4. The molecule has 1 unspecified atom stereocenters. The highest BCUT2D eigenvalue weighted by atomic mass is 19.1. The molecule has 3 nitrogen and oxygen atoms in total. The van der Waals surface area contributed by atoms with E-state index in [4.69, 9.17) is 0 Å². The first-order valence-electron chi connectivity index (χ1n) is 6.42. The van der Waals surface area contributed by atoms with Gasteiger partial charge in [-0.1, -0.05) is 19.4 Å². The van der Waals surface area contributed by atoms with Crippen molar-refractivity contribution in [3.05, 3.63) is 35.4 Å². The van der Waals surface area contributed by atoms with Crippen molar-refractivity contribution in [2.75, 3.05) is 13.6 Å². The van der Waals surface area contributed by atoms with E-state index in [1.807, 2.05) is 6.92 Å². The molecule has 0 aliphatic heterocycles. The maximum absolute atomic E-state index is 13.6. The molecule has 19 heavy (non-hydrogen) atoms. The molecule has 0 bridgehead atoms. The lowest BCUT2D eigenvalue weighted by atomic mass is 10.1. The third-order valence-corrected chi connectivity index (χ3v) is 2.96. The number of halogens is 2. The standard InChI is InChI=1S/C14H20F2N2O/c1-4-5-8-18(3)14(19)17-10(2)12-7-6-11(15)9-13(12)16/h6-7,9-10H,4-5,8H2,1-3H3,(H,17,19). The molecule has 0 aromatic heterocycles. The zero-order chi connectivity index (χ0) is 14.4. The molecule has 5 heteroatoms. The van der Waals surface area contributed by atoms with Crippen LogP contribution in [0.5, 0.6) is 0 Å². The van der Waals surface area contributed by atoms with Crippen LogP contribution in [0.1, 0.15) is 38.3 Å². The number of benzene rings is 1. The smallest absolute Gasteiger partial charge is 0.317 e. The van der Waals surface area contributed by atoms with Gasteiger partial charge in [0.1, 0.15) is 11.6 Å². The normalized spacial score (nSPS) is 12.1. The molecule has 1 atom stereocenters. The van der Waals surface area contributed by atoms with Crippen molar-refractivity contribution in [3.8, 4) is 0 Å². The van der Waals surface area contributed by atoms with Gasteiger partial charge < -0.3 is 10.2 Å². The largest absolute Gasteiger partial charge is 0.331 e. The molecule has 2 amide bonds. The Kier molecular flexibility index (Phi) is 5.73. The zero-order valence-electron chi connectivity index (χ0n) is 11.5. The minimum Gasteiger partial charge on any atom is -0.331 e. The highest BCUT2D eigenvalue weighted by Crippen LogP contribution is 2.17. The van der Waals surface area contributed by atoms with Crippen molar-refractivity contribution in [1.29, 1.82) is 0 Å². The van der Waals surface area contributed by atoms with Crippen LogP contribution in [-0.4, -0.2) is 24.5 Å². The lowest BCUT2D eigenvalue weighted by molar-refractivity contribution is 0.204. The van der Waals surface area contributed by atoms with Gasteiger partial charge in [0.15, 0.2) is 0 Å². The van der Waals surface area contributed by atoms with Gasteiger partial charge in [-0.3, -0.25) is 0 Å². The number of nitrogens with zero attached hydrogens (tertiary/aromatic N) is 1. The second kappa shape index (κ2) is 7.07. The first kappa shape index (κ1) is 15.4. The third-order valence-electron chi connectivity index (χ3n) is 2.96. The number of unbranched alkanes of at least 4 members (excludes halogenated alkanes) is 1. The number of urea groups is 1. The average molecular weight is 270 g/mol. The van der Waals surface area contributed by atoms with E-state index < -0.39 is 17.7 Å². The van der Waals surface area contributed by atoms with Crippen LogP contribution >= 0.6 is 0 Å². The molecular weight excluding hydrogens is 250 g/mol. The Morgan fingerprint density at radius 1 is 1.42 bits per heavy atom. The molecule has 0 aliphatic carbocycles. The Hall–Kier alpha value is -1.65. The molecule has 106 valence electrons. The zero-order valence-corrected chi connectivity index (χ0v) is 11.5. The van der Waals surface area contributed by atoms with Gasteiger partial charge in [0.25, 0.3) is 0 Å². The summed E-state index contributed by atoms with van der Waals surface area (Å²) in [5, 5.41) is 2.69. The van der Waals surface area contributed by atoms with Crippen LogP contribution in [0.4, 0.5) is 13.6 Å². The van der Waals surface area contributed by atoms with Gasteiger partial charge in [-0.15, -0.1) is 0 Å². The van der Waals surface area contributed by atoms with E-state index >= 15 is 0 Å². The fourth-order valence-electron chi connectivity index (χ4n) is 1.72. The number of carbonyl (C=O) groups is 1. The van der Waals surface area contributed by atoms with Crippen LogP contribution in [0.25, 0.3) is 0 Å². The molecule has 0 spiro atoms. The Morgan fingerprint density at radius 3 is 2.68 bits per heavy atom. The molecule has 0 radical (unpaired) electrons. The van der Waals surface area contributed by atoms with E-state index in [0.717, 1.165) is 18.9 Å². The predicted molar refractivity (Wildman–Crippen MR) is 70.8 cm³/mol. The quantitative estimate of drug-likeness (QED) is 0.873. The van der Waals surface area contributed by atoms with Crippen molar-refractivity contribution < 1.29 is 13.6 Å². The Labute approximate surface area is 112 Å². The molecular formula is C14H20F2N2O. The molecule has 0 heterocycles. The number of hydrogen-bond acceptors (Lipinski definition) is 1. The second-order valence-corrected chi connectivity index (χ2v) is 4.61. The highest BCUT2D eigenvalue weighted by Gasteiger charge is 2.16. The summed E-state index contributed by atoms with van der Waals surface area (Å²) in [6.07, 6.45) is 1.92. The highest BCUT2D eigenvalue weighted by molar-refractivity contribution is 5.74. The average Bonchev–Trinajstić information content (AvgIpc) is 2.35. The number of amides is 2. The van der Waals surface area contributed by atoms with E-state index in [0.29, 0.717) is 6.54 Å².